The van der Waals surface area contributed by atoms with E-state index in [4.69, 9.17) is 16.6 Å². The SMILES string of the molecule is Cc1c(N2CC(C(C)C)C2)nc2c([C@@H](C)Nc3ccc(Cl)nc3C(=O)O)cc(F)cn2c1=O. The van der Waals surface area contributed by atoms with Crippen LogP contribution in [0.5, 0.6) is 0 Å². The van der Waals surface area contributed by atoms with Crippen molar-refractivity contribution >= 4 is 34.7 Å². The second-order valence-electron chi connectivity index (χ2n) is 8.78. The number of carbonyl (C=O) groups is 1. The molecule has 10 heteroatoms. The molecule has 174 valence electrons. The van der Waals surface area contributed by atoms with Crippen LogP contribution >= 0.6 is 11.6 Å². The van der Waals surface area contributed by atoms with E-state index in [2.05, 4.69) is 29.0 Å². The summed E-state index contributed by atoms with van der Waals surface area (Å²) in [6.45, 7) is 9.39. The minimum atomic E-state index is -1.25. The Morgan fingerprint density at radius 2 is 1.97 bits per heavy atom. The molecule has 4 heterocycles. The predicted molar refractivity (Wildman–Crippen MR) is 125 cm³/mol. The smallest absolute Gasteiger partial charge is 0.356 e. The molecule has 0 saturated carbocycles. The molecule has 0 aliphatic carbocycles. The zero-order chi connectivity index (χ0) is 24.0. The van der Waals surface area contributed by atoms with E-state index in [1.807, 2.05) is 0 Å². The minimum Gasteiger partial charge on any atom is -0.476 e. The van der Waals surface area contributed by atoms with E-state index in [9.17, 15) is 19.1 Å². The summed E-state index contributed by atoms with van der Waals surface area (Å²) < 4.78 is 15.7. The third-order valence-electron chi connectivity index (χ3n) is 6.17. The number of pyridine rings is 2. The molecule has 3 aromatic rings. The summed E-state index contributed by atoms with van der Waals surface area (Å²) in [7, 11) is 0. The van der Waals surface area contributed by atoms with Crippen molar-refractivity contribution in [2.24, 2.45) is 11.8 Å². The number of nitrogens with zero attached hydrogens (tertiary/aromatic N) is 4. The molecule has 1 aliphatic heterocycles. The molecule has 8 nitrogen and oxygen atoms in total. The van der Waals surface area contributed by atoms with E-state index >= 15 is 0 Å². The van der Waals surface area contributed by atoms with Gasteiger partial charge in [-0.15, -0.1) is 0 Å². The molecule has 3 aromatic heterocycles. The minimum absolute atomic E-state index is 0.0457. The highest BCUT2D eigenvalue weighted by Crippen LogP contribution is 2.31. The van der Waals surface area contributed by atoms with Crippen LogP contribution in [-0.2, 0) is 0 Å². The van der Waals surface area contributed by atoms with Gasteiger partial charge in [-0.05, 0) is 43.9 Å². The van der Waals surface area contributed by atoms with Gasteiger partial charge in [-0.2, -0.15) is 0 Å². The Labute approximate surface area is 195 Å². The Bertz CT molecular complexity index is 1300. The molecule has 2 N–H and O–H groups in total. The van der Waals surface area contributed by atoms with Gasteiger partial charge in [0.15, 0.2) is 5.69 Å². The zero-order valence-corrected chi connectivity index (χ0v) is 19.5. The fourth-order valence-electron chi connectivity index (χ4n) is 4.07. The second kappa shape index (κ2) is 8.62. The van der Waals surface area contributed by atoms with Crippen LogP contribution < -0.4 is 15.8 Å². The van der Waals surface area contributed by atoms with Gasteiger partial charge >= 0.3 is 5.97 Å². The van der Waals surface area contributed by atoms with Gasteiger partial charge in [0, 0.05) is 24.8 Å². The Hall–Kier alpha value is -3.20. The zero-order valence-electron chi connectivity index (χ0n) is 18.8. The maximum atomic E-state index is 14.5. The molecule has 0 radical (unpaired) electrons. The second-order valence-corrected chi connectivity index (χ2v) is 9.17. The number of carboxylic acids is 1. The van der Waals surface area contributed by atoms with Gasteiger partial charge in [0.05, 0.1) is 17.3 Å². The van der Waals surface area contributed by atoms with Crippen molar-refractivity contribution < 1.29 is 14.3 Å². The van der Waals surface area contributed by atoms with Crippen LogP contribution in [0.25, 0.3) is 5.65 Å². The Morgan fingerprint density at radius 3 is 2.61 bits per heavy atom. The normalized spacial score (nSPS) is 15.1. The number of rotatable bonds is 6. The fourth-order valence-corrected chi connectivity index (χ4v) is 4.21. The van der Waals surface area contributed by atoms with Crippen LogP contribution in [0.1, 0.15) is 48.4 Å². The first-order valence-electron chi connectivity index (χ1n) is 10.7. The van der Waals surface area contributed by atoms with E-state index in [0.29, 0.717) is 34.4 Å². The molecule has 0 unspecified atom stereocenters. The number of nitrogens with one attached hydrogen (secondary N) is 1. The number of fused-ring (bicyclic) bond motifs is 1. The molecule has 1 fully saturated rings. The summed E-state index contributed by atoms with van der Waals surface area (Å²) in [4.78, 5) is 35.3. The van der Waals surface area contributed by atoms with E-state index in [0.717, 1.165) is 19.3 Å². The van der Waals surface area contributed by atoms with Crippen LogP contribution in [-0.4, -0.2) is 38.5 Å². The monoisotopic (exact) mass is 473 g/mol. The lowest BCUT2D eigenvalue weighted by atomic mass is 9.88. The van der Waals surface area contributed by atoms with Crippen LogP contribution in [0.4, 0.5) is 15.9 Å². The fraction of sp³-hybridized carbons (Fsp3) is 0.391. The van der Waals surface area contributed by atoms with Crippen molar-refractivity contribution in [3.8, 4) is 0 Å². The Balaban J connectivity index is 1.78. The molecule has 0 bridgehead atoms. The van der Waals surface area contributed by atoms with Crippen molar-refractivity contribution in [2.45, 2.75) is 33.7 Å². The molecule has 1 saturated heterocycles. The van der Waals surface area contributed by atoms with Crippen molar-refractivity contribution in [3.05, 3.63) is 62.5 Å². The number of hydrogen-bond acceptors (Lipinski definition) is 6. The molecule has 1 aliphatic rings. The lowest BCUT2D eigenvalue weighted by molar-refractivity contribution is 0.0691. The van der Waals surface area contributed by atoms with Crippen LogP contribution in [0.2, 0.25) is 5.15 Å². The number of anilines is 2. The predicted octanol–water partition coefficient (Wildman–Crippen LogP) is 4.15. The summed E-state index contributed by atoms with van der Waals surface area (Å²) in [6.07, 6.45) is 1.12. The van der Waals surface area contributed by atoms with Crippen molar-refractivity contribution in [3.63, 3.8) is 0 Å². The quantitative estimate of drug-likeness (QED) is 0.518. The number of halogens is 2. The molecule has 33 heavy (non-hydrogen) atoms. The summed E-state index contributed by atoms with van der Waals surface area (Å²) in [5.74, 6) is -0.186. The van der Waals surface area contributed by atoms with Crippen molar-refractivity contribution in [1.82, 2.24) is 14.4 Å². The third-order valence-corrected chi connectivity index (χ3v) is 6.38. The van der Waals surface area contributed by atoms with Gasteiger partial charge in [0.2, 0.25) is 0 Å². The molecule has 4 rings (SSSR count). The first kappa shape index (κ1) is 23.0. The van der Waals surface area contributed by atoms with E-state index < -0.39 is 17.8 Å². The van der Waals surface area contributed by atoms with Crippen LogP contribution in [0, 0.1) is 24.6 Å². The lowest BCUT2D eigenvalue weighted by Gasteiger charge is -2.43. The number of hydrogen-bond donors (Lipinski definition) is 2. The standard InChI is InChI=1S/C23H25ClFN5O3/c1-11(2)14-8-29(9-14)20-12(3)22(31)30-10-15(25)7-16(21(30)28-20)13(4)26-17-5-6-18(24)27-19(17)23(32)33/h5-7,10-11,13-14,26H,8-9H2,1-4H3,(H,32,33)/t13-/m1/s1. The maximum absolute atomic E-state index is 14.5. The van der Waals surface area contributed by atoms with Crippen LogP contribution in [0.3, 0.4) is 0 Å². The number of aromatic nitrogens is 3. The summed E-state index contributed by atoms with van der Waals surface area (Å²) in [5, 5.41) is 12.6. The summed E-state index contributed by atoms with van der Waals surface area (Å²) in [5.41, 5.74) is 0.822. The topological polar surface area (TPSA) is 99.8 Å². The van der Waals surface area contributed by atoms with E-state index in [1.165, 1.54) is 22.6 Å². The first-order chi connectivity index (χ1) is 15.6. The highest BCUT2D eigenvalue weighted by molar-refractivity contribution is 6.29. The van der Waals surface area contributed by atoms with Gasteiger partial charge in [-0.3, -0.25) is 9.20 Å². The molecular formula is C23H25ClFN5O3. The highest BCUT2D eigenvalue weighted by atomic mass is 35.5. The first-order valence-corrected chi connectivity index (χ1v) is 11.1. The highest BCUT2D eigenvalue weighted by Gasteiger charge is 2.32. The number of aromatic carboxylic acids is 1. The van der Waals surface area contributed by atoms with E-state index in [-0.39, 0.29) is 22.1 Å². The average molecular weight is 474 g/mol. The Kier molecular flexibility index (Phi) is 6.00. The summed E-state index contributed by atoms with van der Waals surface area (Å²) >= 11 is 5.84. The largest absolute Gasteiger partial charge is 0.476 e. The molecule has 1 atom stereocenters. The molecule has 0 amide bonds. The van der Waals surface area contributed by atoms with Gasteiger partial charge < -0.3 is 15.3 Å². The van der Waals surface area contributed by atoms with Gasteiger partial charge in [-0.1, -0.05) is 25.4 Å². The van der Waals surface area contributed by atoms with E-state index in [1.54, 1.807) is 13.8 Å². The third kappa shape index (κ3) is 4.25. The molecular weight excluding hydrogens is 449 g/mol. The van der Waals surface area contributed by atoms with Crippen molar-refractivity contribution in [1.29, 1.82) is 0 Å². The maximum Gasteiger partial charge on any atom is 0.356 e. The molecule has 0 aromatic carbocycles. The average Bonchev–Trinajstić information content (AvgIpc) is 2.71. The van der Waals surface area contributed by atoms with Crippen LogP contribution in [0.15, 0.2) is 29.2 Å². The van der Waals surface area contributed by atoms with Crippen molar-refractivity contribution in [2.75, 3.05) is 23.3 Å². The lowest BCUT2D eigenvalue weighted by Crippen LogP contribution is -2.50. The molecule has 0 spiro atoms. The summed E-state index contributed by atoms with van der Waals surface area (Å²) in [6, 6.07) is 3.68. The Morgan fingerprint density at radius 1 is 1.27 bits per heavy atom. The van der Waals surface area contributed by atoms with Gasteiger partial charge in [0.1, 0.15) is 22.4 Å². The number of carboxylic acid groups (broad SMARTS) is 1. The van der Waals surface area contributed by atoms with Gasteiger partial charge in [-0.25, -0.2) is 19.2 Å². The van der Waals surface area contributed by atoms with Gasteiger partial charge in [0.25, 0.3) is 5.56 Å².